The maximum atomic E-state index is 12.3. The maximum absolute atomic E-state index is 12.3. The van der Waals surface area contributed by atoms with Gasteiger partial charge in [0.2, 0.25) is 11.8 Å². The van der Waals surface area contributed by atoms with Gasteiger partial charge in [0, 0.05) is 11.8 Å². The molecule has 0 unspecified atom stereocenters. The van der Waals surface area contributed by atoms with Crippen LogP contribution in [0.1, 0.15) is 36.5 Å². The molecule has 4 aromatic rings. The van der Waals surface area contributed by atoms with Crippen molar-refractivity contribution in [3.8, 4) is 17.2 Å². The van der Waals surface area contributed by atoms with Crippen LogP contribution in [0.3, 0.4) is 0 Å². The zero-order valence-corrected chi connectivity index (χ0v) is 19.9. The van der Waals surface area contributed by atoms with E-state index in [9.17, 15) is 9.90 Å². The Labute approximate surface area is 203 Å². The number of anilines is 1. The summed E-state index contributed by atoms with van der Waals surface area (Å²) in [4.78, 5) is 16.7. The Balaban J connectivity index is 1.42. The Hall–Kier alpha value is -3.97. The van der Waals surface area contributed by atoms with Crippen molar-refractivity contribution >= 4 is 46.1 Å². The fraction of sp³-hybridized carbons (Fsp3) is 0.148. The van der Waals surface area contributed by atoms with Crippen LogP contribution in [-0.2, 0) is 4.79 Å². The lowest BCUT2D eigenvalue weighted by molar-refractivity contribution is -0.115. The van der Waals surface area contributed by atoms with E-state index in [-0.39, 0.29) is 16.8 Å². The summed E-state index contributed by atoms with van der Waals surface area (Å²) >= 11 is 5.27. The van der Waals surface area contributed by atoms with Gasteiger partial charge in [-0.1, -0.05) is 44.2 Å². The zero-order valence-electron chi connectivity index (χ0n) is 19.1. The number of nitrogens with one attached hydrogen (secondary N) is 2. The summed E-state index contributed by atoms with van der Waals surface area (Å²) in [7, 11) is 0. The molecule has 7 heteroatoms. The van der Waals surface area contributed by atoms with E-state index < -0.39 is 0 Å². The van der Waals surface area contributed by atoms with E-state index in [1.54, 1.807) is 18.2 Å². The van der Waals surface area contributed by atoms with E-state index in [0.717, 1.165) is 11.1 Å². The molecule has 172 valence electrons. The van der Waals surface area contributed by atoms with Gasteiger partial charge in [-0.15, -0.1) is 0 Å². The highest BCUT2D eigenvalue weighted by Crippen LogP contribution is 2.33. The van der Waals surface area contributed by atoms with Gasteiger partial charge in [-0.25, -0.2) is 4.98 Å². The van der Waals surface area contributed by atoms with Crippen LogP contribution in [0, 0.1) is 6.92 Å². The van der Waals surface area contributed by atoms with Gasteiger partial charge in [0.15, 0.2) is 10.7 Å². The first-order valence-electron chi connectivity index (χ1n) is 10.9. The third-order valence-electron chi connectivity index (χ3n) is 5.30. The molecule has 0 aliphatic rings. The van der Waals surface area contributed by atoms with Crippen LogP contribution in [0.15, 0.2) is 71.2 Å². The van der Waals surface area contributed by atoms with E-state index >= 15 is 0 Å². The smallest absolute Gasteiger partial charge is 0.250 e. The second kappa shape index (κ2) is 9.89. The molecular weight excluding hydrogens is 446 g/mol. The van der Waals surface area contributed by atoms with Crippen LogP contribution >= 0.6 is 12.2 Å². The van der Waals surface area contributed by atoms with E-state index in [4.69, 9.17) is 16.6 Å². The monoisotopic (exact) mass is 471 g/mol. The fourth-order valence-electron chi connectivity index (χ4n) is 3.41. The quantitative estimate of drug-likeness (QED) is 0.184. The average molecular weight is 472 g/mol. The molecule has 0 radical (unpaired) electrons. The number of fused-ring (bicyclic) bond motifs is 1. The lowest BCUT2D eigenvalue weighted by atomic mass is 10.0. The first-order chi connectivity index (χ1) is 16.3. The predicted molar refractivity (Wildman–Crippen MR) is 140 cm³/mol. The number of aromatic nitrogens is 1. The van der Waals surface area contributed by atoms with Gasteiger partial charge < -0.3 is 14.8 Å². The number of carbonyl (C=O) groups is 1. The summed E-state index contributed by atoms with van der Waals surface area (Å²) in [6.07, 6.45) is 3.16. The molecule has 0 atom stereocenters. The van der Waals surface area contributed by atoms with Gasteiger partial charge in [-0.05, 0) is 78.2 Å². The Kier molecular flexibility index (Phi) is 6.75. The molecule has 3 N–H and O–H groups in total. The van der Waals surface area contributed by atoms with Crippen molar-refractivity contribution in [3.05, 3.63) is 83.4 Å². The fourth-order valence-corrected chi connectivity index (χ4v) is 3.63. The minimum absolute atomic E-state index is 0.0233. The third-order valence-corrected chi connectivity index (χ3v) is 5.50. The molecule has 0 saturated heterocycles. The number of thiocarbonyl (C=S) groups is 1. The number of rotatable bonds is 5. The van der Waals surface area contributed by atoms with Gasteiger partial charge in [0.25, 0.3) is 0 Å². The highest BCUT2D eigenvalue weighted by atomic mass is 32.1. The number of nitrogens with zero attached hydrogens (tertiary/aromatic N) is 1. The zero-order chi connectivity index (χ0) is 24.2. The molecule has 34 heavy (non-hydrogen) atoms. The first-order valence-corrected chi connectivity index (χ1v) is 11.3. The molecule has 6 nitrogen and oxygen atoms in total. The minimum atomic E-state index is -0.348. The topological polar surface area (TPSA) is 87.4 Å². The molecule has 0 saturated carbocycles. The van der Waals surface area contributed by atoms with Gasteiger partial charge in [-0.3, -0.25) is 10.1 Å². The van der Waals surface area contributed by atoms with Crippen LogP contribution in [-0.4, -0.2) is 21.1 Å². The van der Waals surface area contributed by atoms with Gasteiger partial charge in [-0.2, -0.15) is 0 Å². The van der Waals surface area contributed by atoms with Crippen molar-refractivity contribution in [2.24, 2.45) is 0 Å². The maximum Gasteiger partial charge on any atom is 0.250 e. The van der Waals surface area contributed by atoms with Crippen molar-refractivity contribution in [2.75, 3.05) is 5.32 Å². The van der Waals surface area contributed by atoms with E-state index in [1.165, 1.54) is 17.7 Å². The second-order valence-corrected chi connectivity index (χ2v) is 8.73. The number of phenolic OH excluding ortho intramolecular Hbond substituents is 1. The second-order valence-electron chi connectivity index (χ2n) is 8.32. The van der Waals surface area contributed by atoms with Crippen LogP contribution in [0.25, 0.3) is 28.6 Å². The van der Waals surface area contributed by atoms with Crippen LogP contribution in [0.4, 0.5) is 5.69 Å². The first kappa shape index (κ1) is 23.2. The predicted octanol–water partition coefficient (Wildman–Crippen LogP) is 6.16. The van der Waals surface area contributed by atoms with Crippen molar-refractivity contribution in [3.63, 3.8) is 0 Å². The molecule has 0 fully saturated rings. The number of aromatic hydroxyl groups is 1. The largest absolute Gasteiger partial charge is 0.507 e. The van der Waals surface area contributed by atoms with E-state index in [1.807, 2.05) is 37.3 Å². The van der Waals surface area contributed by atoms with Gasteiger partial charge >= 0.3 is 0 Å². The molecule has 1 amide bonds. The van der Waals surface area contributed by atoms with Crippen molar-refractivity contribution in [2.45, 2.75) is 26.7 Å². The molecule has 0 aliphatic carbocycles. The van der Waals surface area contributed by atoms with Crippen molar-refractivity contribution in [1.82, 2.24) is 10.3 Å². The molecule has 1 heterocycles. The summed E-state index contributed by atoms with van der Waals surface area (Å²) in [6, 6.07) is 18.6. The Morgan fingerprint density at radius 3 is 2.59 bits per heavy atom. The summed E-state index contributed by atoms with van der Waals surface area (Å²) in [5.41, 5.74) is 5.55. The summed E-state index contributed by atoms with van der Waals surface area (Å²) in [5, 5.41) is 16.0. The molecule has 0 spiro atoms. The lowest BCUT2D eigenvalue weighted by Gasteiger charge is -2.10. The van der Waals surface area contributed by atoms with E-state index in [2.05, 4.69) is 41.6 Å². The number of oxazole rings is 1. The number of hydrogen-bond donors (Lipinski definition) is 3. The number of carbonyl (C=O) groups excluding carboxylic acids is 1. The standard InChI is InChI=1S/C27H25N3O3S/c1-16(2)19-8-5-18(6-9-19)7-13-25(32)30-27(34)28-20-10-12-23(31)21(15-20)26-29-22-11-4-17(3)14-24(22)33-26/h4-16,31H,1-3H3,(H2,28,30,32,34)/b13-7+. The van der Waals surface area contributed by atoms with Crippen molar-refractivity contribution in [1.29, 1.82) is 0 Å². The number of amides is 1. The number of aryl methyl sites for hydroxylation is 1. The Bertz CT molecular complexity index is 1390. The minimum Gasteiger partial charge on any atom is -0.507 e. The number of hydrogen-bond acceptors (Lipinski definition) is 5. The van der Waals surface area contributed by atoms with Crippen molar-refractivity contribution < 1.29 is 14.3 Å². The van der Waals surface area contributed by atoms with Crippen LogP contribution < -0.4 is 10.6 Å². The molecule has 4 rings (SSSR count). The Morgan fingerprint density at radius 2 is 1.85 bits per heavy atom. The Morgan fingerprint density at radius 1 is 1.09 bits per heavy atom. The van der Waals surface area contributed by atoms with E-state index in [0.29, 0.717) is 34.2 Å². The average Bonchev–Trinajstić information content (AvgIpc) is 3.22. The molecule has 0 aliphatic heterocycles. The van der Waals surface area contributed by atoms with Crippen LogP contribution in [0.2, 0.25) is 0 Å². The normalized spacial score (nSPS) is 11.3. The highest BCUT2D eigenvalue weighted by molar-refractivity contribution is 7.80. The highest BCUT2D eigenvalue weighted by Gasteiger charge is 2.14. The number of benzene rings is 3. The summed E-state index contributed by atoms with van der Waals surface area (Å²) in [6.45, 7) is 6.24. The lowest BCUT2D eigenvalue weighted by Crippen LogP contribution is -2.32. The third kappa shape index (κ3) is 5.50. The van der Waals surface area contributed by atoms with Gasteiger partial charge in [0.1, 0.15) is 11.3 Å². The molecule has 0 bridgehead atoms. The van der Waals surface area contributed by atoms with Crippen LogP contribution in [0.5, 0.6) is 5.75 Å². The van der Waals surface area contributed by atoms with Gasteiger partial charge in [0.05, 0.1) is 5.56 Å². The molecule has 3 aromatic carbocycles. The molecular formula is C27H25N3O3S. The summed E-state index contributed by atoms with van der Waals surface area (Å²) in [5.74, 6) is 0.425. The summed E-state index contributed by atoms with van der Waals surface area (Å²) < 4.78 is 5.82. The SMILES string of the molecule is Cc1ccc2nc(-c3cc(NC(=S)NC(=O)/C=C/c4ccc(C(C)C)cc4)ccc3O)oc2c1. The molecule has 1 aromatic heterocycles. The number of phenols is 1.